The Morgan fingerprint density at radius 2 is 1.90 bits per heavy atom. The van der Waals surface area contributed by atoms with Crippen LogP contribution in [0.1, 0.15) is 51.3 Å². The van der Waals surface area contributed by atoms with Crippen LogP contribution in [0.4, 0.5) is 5.69 Å². The van der Waals surface area contributed by atoms with Gasteiger partial charge in [0.1, 0.15) is 0 Å². The molecule has 0 spiro atoms. The minimum absolute atomic E-state index is 0.0501. The van der Waals surface area contributed by atoms with Gasteiger partial charge in [-0.1, -0.05) is 37.1 Å². The van der Waals surface area contributed by atoms with E-state index >= 15 is 0 Å². The number of carbonyl (C=O) groups is 2. The zero-order valence-corrected chi connectivity index (χ0v) is 19.0. The minimum Gasteiger partial charge on any atom is -0.378 e. The lowest BCUT2D eigenvalue weighted by molar-refractivity contribution is 0.0682. The second-order valence-corrected chi connectivity index (χ2v) is 9.47. The molecule has 2 amide bonds. The van der Waals surface area contributed by atoms with Crippen LogP contribution < -0.4 is 10.6 Å². The number of nitrogens with two attached hydrogens (primary N) is 1. The molecule has 1 saturated heterocycles. The van der Waals surface area contributed by atoms with Crippen molar-refractivity contribution in [3.8, 4) is 0 Å². The van der Waals surface area contributed by atoms with Crippen molar-refractivity contribution in [2.75, 3.05) is 25.5 Å². The first-order valence-corrected chi connectivity index (χ1v) is 11.7. The van der Waals surface area contributed by atoms with E-state index in [2.05, 4.69) is 6.07 Å². The number of carbonyl (C=O) groups excluding carboxylic acids is 2. The van der Waals surface area contributed by atoms with E-state index in [1.54, 1.807) is 0 Å². The monoisotopic (exact) mass is 435 g/mol. The fourth-order valence-electron chi connectivity index (χ4n) is 4.48. The number of hydrogen-bond donors (Lipinski definition) is 1. The van der Waals surface area contributed by atoms with Crippen molar-refractivity contribution >= 4 is 38.9 Å². The Balaban J connectivity index is 1.69. The molecule has 1 aliphatic heterocycles. The molecule has 0 bridgehead atoms. The van der Waals surface area contributed by atoms with Crippen molar-refractivity contribution < 1.29 is 9.59 Å². The Hall–Kier alpha value is -2.86. The van der Waals surface area contributed by atoms with Gasteiger partial charge < -0.3 is 15.5 Å². The van der Waals surface area contributed by atoms with E-state index in [-0.39, 0.29) is 17.9 Å². The average Bonchev–Trinajstić information content (AvgIpc) is 2.97. The van der Waals surface area contributed by atoms with Gasteiger partial charge in [0.2, 0.25) is 0 Å². The summed E-state index contributed by atoms with van der Waals surface area (Å²) in [6, 6.07) is 15.9. The van der Waals surface area contributed by atoms with Crippen LogP contribution in [0.25, 0.3) is 10.1 Å². The van der Waals surface area contributed by atoms with Crippen molar-refractivity contribution in [3.63, 3.8) is 0 Å². The van der Waals surface area contributed by atoms with Crippen LogP contribution in [0.3, 0.4) is 0 Å². The number of thiophene rings is 1. The van der Waals surface area contributed by atoms with Crippen LogP contribution in [0.5, 0.6) is 0 Å². The SMILES string of the molecule is CN(C)c1cccc(C(=O)N2CCCCC[C@@H]2Cc2c(C(N)=O)sc3ccccc23)c1. The summed E-state index contributed by atoms with van der Waals surface area (Å²) in [7, 11) is 3.96. The van der Waals surface area contributed by atoms with Gasteiger partial charge in [-0.15, -0.1) is 11.3 Å². The first-order valence-electron chi connectivity index (χ1n) is 10.8. The van der Waals surface area contributed by atoms with E-state index in [0.717, 1.165) is 53.6 Å². The number of rotatable bonds is 5. The summed E-state index contributed by atoms with van der Waals surface area (Å²) in [5, 5.41) is 1.08. The predicted molar refractivity (Wildman–Crippen MR) is 128 cm³/mol. The molecule has 2 heterocycles. The van der Waals surface area contributed by atoms with Gasteiger partial charge in [-0.2, -0.15) is 0 Å². The van der Waals surface area contributed by atoms with E-state index in [1.165, 1.54) is 11.3 Å². The fourth-order valence-corrected chi connectivity index (χ4v) is 5.56. The summed E-state index contributed by atoms with van der Waals surface area (Å²) in [6.07, 6.45) is 4.79. The average molecular weight is 436 g/mol. The largest absolute Gasteiger partial charge is 0.378 e. The summed E-state index contributed by atoms with van der Waals surface area (Å²) in [6.45, 7) is 0.740. The first-order chi connectivity index (χ1) is 15.0. The first kappa shape index (κ1) is 21.4. The second kappa shape index (κ2) is 9.10. The maximum absolute atomic E-state index is 13.6. The van der Waals surface area contributed by atoms with Gasteiger partial charge in [0.15, 0.2) is 0 Å². The van der Waals surface area contributed by atoms with Gasteiger partial charge in [0, 0.05) is 42.6 Å². The molecular formula is C25H29N3O2S. The number of benzene rings is 2. The van der Waals surface area contributed by atoms with Crippen molar-refractivity contribution in [1.82, 2.24) is 4.90 Å². The number of fused-ring (bicyclic) bond motifs is 1. The van der Waals surface area contributed by atoms with Crippen LogP contribution in [-0.2, 0) is 6.42 Å². The van der Waals surface area contributed by atoms with Crippen LogP contribution >= 0.6 is 11.3 Å². The molecule has 1 atom stereocenters. The molecule has 5 nitrogen and oxygen atoms in total. The zero-order valence-electron chi connectivity index (χ0n) is 18.1. The van der Waals surface area contributed by atoms with Crippen LogP contribution in [0.15, 0.2) is 48.5 Å². The summed E-state index contributed by atoms with van der Waals surface area (Å²) >= 11 is 1.45. The van der Waals surface area contributed by atoms with Crippen molar-refractivity contribution in [1.29, 1.82) is 0 Å². The van der Waals surface area contributed by atoms with Gasteiger partial charge in [-0.05, 0) is 54.5 Å². The van der Waals surface area contributed by atoms with E-state index in [1.807, 2.05) is 66.4 Å². The highest BCUT2D eigenvalue weighted by Gasteiger charge is 2.29. The highest BCUT2D eigenvalue weighted by Crippen LogP contribution is 2.34. The van der Waals surface area contributed by atoms with Crippen molar-refractivity contribution in [3.05, 3.63) is 64.5 Å². The van der Waals surface area contributed by atoms with E-state index in [0.29, 0.717) is 16.9 Å². The fraction of sp³-hybridized carbons (Fsp3) is 0.360. The van der Waals surface area contributed by atoms with Gasteiger partial charge in [-0.25, -0.2) is 0 Å². The lowest BCUT2D eigenvalue weighted by atomic mass is 9.97. The Morgan fingerprint density at radius 3 is 2.68 bits per heavy atom. The number of primary amides is 1. The molecule has 1 fully saturated rings. The Bertz CT molecular complexity index is 1110. The predicted octanol–water partition coefficient (Wildman–Crippen LogP) is 4.69. The van der Waals surface area contributed by atoms with E-state index < -0.39 is 0 Å². The number of nitrogens with zero attached hydrogens (tertiary/aromatic N) is 2. The molecule has 1 aromatic heterocycles. The molecule has 2 aromatic carbocycles. The van der Waals surface area contributed by atoms with Crippen LogP contribution in [-0.4, -0.2) is 43.4 Å². The smallest absolute Gasteiger partial charge is 0.259 e. The third kappa shape index (κ3) is 4.44. The summed E-state index contributed by atoms with van der Waals surface area (Å²) in [5.41, 5.74) is 8.44. The third-order valence-corrected chi connectivity index (χ3v) is 7.34. The molecule has 162 valence electrons. The van der Waals surface area contributed by atoms with Crippen LogP contribution in [0.2, 0.25) is 0 Å². The number of likely N-dealkylation sites (tertiary alicyclic amines) is 1. The maximum Gasteiger partial charge on any atom is 0.259 e. The molecule has 0 aliphatic carbocycles. The molecule has 31 heavy (non-hydrogen) atoms. The third-order valence-electron chi connectivity index (χ3n) is 6.11. The number of amides is 2. The second-order valence-electron chi connectivity index (χ2n) is 8.42. The lowest BCUT2D eigenvalue weighted by Gasteiger charge is -2.31. The topological polar surface area (TPSA) is 66.6 Å². The van der Waals surface area contributed by atoms with Crippen molar-refractivity contribution in [2.24, 2.45) is 5.73 Å². The van der Waals surface area contributed by atoms with Crippen LogP contribution in [0, 0.1) is 0 Å². The zero-order chi connectivity index (χ0) is 22.0. The van der Waals surface area contributed by atoms with Gasteiger partial charge in [0.25, 0.3) is 11.8 Å². The lowest BCUT2D eigenvalue weighted by Crippen LogP contribution is -2.41. The molecule has 3 aromatic rings. The molecular weight excluding hydrogens is 406 g/mol. The molecule has 1 aliphatic rings. The molecule has 6 heteroatoms. The van der Waals surface area contributed by atoms with Gasteiger partial charge >= 0.3 is 0 Å². The number of hydrogen-bond acceptors (Lipinski definition) is 4. The molecule has 4 rings (SSSR count). The standard InChI is InChI=1S/C25H29N3O2S/c1-27(2)18-11-8-9-17(15-18)25(30)28-14-7-3-4-10-19(28)16-21-20-12-5-6-13-22(20)31-23(21)24(26)29/h5-6,8-9,11-13,15,19H,3-4,7,10,14,16H2,1-2H3,(H2,26,29)/t19-/m1/s1. The summed E-state index contributed by atoms with van der Waals surface area (Å²) in [5.74, 6) is -0.322. The maximum atomic E-state index is 13.6. The number of anilines is 1. The molecule has 0 saturated carbocycles. The summed E-state index contributed by atoms with van der Waals surface area (Å²) < 4.78 is 1.07. The highest BCUT2D eigenvalue weighted by atomic mass is 32.1. The summed E-state index contributed by atoms with van der Waals surface area (Å²) in [4.78, 5) is 30.4. The van der Waals surface area contributed by atoms with Gasteiger partial charge in [0.05, 0.1) is 4.88 Å². The normalized spacial score (nSPS) is 16.8. The van der Waals surface area contributed by atoms with E-state index in [4.69, 9.17) is 5.73 Å². The van der Waals surface area contributed by atoms with Crippen molar-refractivity contribution in [2.45, 2.75) is 38.1 Å². The minimum atomic E-state index is -0.388. The van der Waals surface area contributed by atoms with E-state index in [9.17, 15) is 9.59 Å². The Kier molecular flexibility index (Phi) is 6.28. The highest BCUT2D eigenvalue weighted by molar-refractivity contribution is 7.21. The molecule has 2 N–H and O–H groups in total. The molecule has 0 radical (unpaired) electrons. The quantitative estimate of drug-likeness (QED) is 0.632. The molecule has 0 unspecified atom stereocenters. The van der Waals surface area contributed by atoms with Gasteiger partial charge in [-0.3, -0.25) is 9.59 Å². The Labute approximate surface area is 187 Å². The Morgan fingerprint density at radius 1 is 1.10 bits per heavy atom.